The summed E-state index contributed by atoms with van der Waals surface area (Å²) in [6.07, 6.45) is 3.94. The number of nitrogens with one attached hydrogen (secondary N) is 1. The molecule has 1 aliphatic heterocycles. The van der Waals surface area contributed by atoms with Crippen LogP contribution in [0.1, 0.15) is 78.4 Å². The molecule has 1 aromatic heterocycles. The Kier molecular flexibility index (Phi) is 11.3. The Morgan fingerprint density at radius 2 is 1.49 bits per heavy atom. The van der Waals surface area contributed by atoms with Gasteiger partial charge in [-0.05, 0) is 74.9 Å². The molecule has 2 aromatic carbocycles. The molecule has 0 atom stereocenters. The number of benzene rings is 2. The van der Waals surface area contributed by atoms with Crippen molar-refractivity contribution in [3.05, 3.63) is 88.4 Å². The van der Waals surface area contributed by atoms with E-state index >= 15 is 0 Å². The number of carbonyl (C=O) groups excluding carboxylic acids is 2. The molecule has 0 radical (unpaired) electrons. The number of aryl methyl sites for hydroxylation is 1. The van der Waals surface area contributed by atoms with Crippen LogP contribution in [0.15, 0.2) is 77.3 Å². The maximum atomic E-state index is 13.8. The highest BCUT2D eigenvalue weighted by Gasteiger charge is 2.40. The largest absolute Gasteiger partial charge is 0.493 e. The highest BCUT2D eigenvalue weighted by Crippen LogP contribution is 2.43. The van der Waals surface area contributed by atoms with Crippen LogP contribution in [0, 0.1) is 18.8 Å². The van der Waals surface area contributed by atoms with Crippen LogP contribution >= 0.6 is 0 Å². The third-order valence-corrected chi connectivity index (χ3v) is 7.57. The van der Waals surface area contributed by atoms with Crippen molar-refractivity contribution in [1.82, 2.24) is 15.1 Å². The molecule has 0 saturated carbocycles. The Hall–Kier alpha value is -4.33. The van der Waals surface area contributed by atoms with Crippen molar-refractivity contribution in [3.8, 4) is 22.7 Å². The molecule has 1 aliphatic rings. The van der Waals surface area contributed by atoms with E-state index in [2.05, 4.69) is 12.2 Å². The number of ether oxygens (including phenoxy) is 3. The van der Waals surface area contributed by atoms with Crippen LogP contribution in [0.3, 0.4) is 0 Å². The number of hydrogen-bond donors (Lipinski definition) is 1. The van der Waals surface area contributed by atoms with Crippen LogP contribution in [-0.2, 0) is 19.1 Å². The van der Waals surface area contributed by atoms with Crippen molar-refractivity contribution >= 4 is 11.9 Å². The van der Waals surface area contributed by atoms with Crippen LogP contribution < -0.4 is 10.1 Å². The molecule has 8 nitrogen and oxygen atoms in total. The second kappa shape index (κ2) is 15.1. The fourth-order valence-corrected chi connectivity index (χ4v) is 5.31. The second-order valence-electron chi connectivity index (χ2n) is 12.5. The van der Waals surface area contributed by atoms with Gasteiger partial charge in [-0.1, -0.05) is 59.2 Å². The molecule has 0 bridgehead atoms. The molecule has 0 saturated heterocycles. The van der Waals surface area contributed by atoms with E-state index in [1.54, 1.807) is 4.68 Å². The number of nitrogens with zero attached hydrogens (tertiary/aromatic N) is 2. The maximum Gasteiger partial charge on any atom is 0.336 e. The Morgan fingerprint density at radius 1 is 0.889 bits per heavy atom. The number of para-hydroxylation sites is 1. The molecule has 45 heavy (non-hydrogen) atoms. The normalized spacial score (nSPS) is 13.8. The van der Waals surface area contributed by atoms with Gasteiger partial charge in [-0.25, -0.2) is 14.3 Å². The quantitative estimate of drug-likeness (QED) is 0.156. The predicted octanol–water partition coefficient (Wildman–Crippen LogP) is 7.66. The van der Waals surface area contributed by atoms with Gasteiger partial charge in [0.05, 0.1) is 48.3 Å². The van der Waals surface area contributed by atoms with Crippen molar-refractivity contribution in [1.29, 1.82) is 0 Å². The zero-order valence-electron chi connectivity index (χ0n) is 27.9. The summed E-state index contributed by atoms with van der Waals surface area (Å²) in [5.74, 6) is -0.617. The molecule has 0 spiro atoms. The van der Waals surface area contributed by atoms with Gasteiger partial charge in [0.15, 0.2) is 0 Å². The summed E-state index contributed by atoms with van der Waals surface area (Å²) in [5.41, 5.74) is 6.00. The molecule has 0 aliphatic carbocycles. The van der Waals surface area contributed by atoms with Crippen molar-refractivity contribution in [3.63, 3.8) is 0 Å². The number of esters is 2. The smallest absolute Gasteiger partial charge is 0.336 e. The van der Waals surface area contributed by atoms with Crippen LogP contribution in [0.4, 0.5) is 0 Å². The third-order valence-electron chi connectivity index (χ3n) is 7.57. The minimum absolute atomic E-state index is 0.148. The lowest BCUT2D eigenvalue weighted by molar-refractivity contribution is -0.141. The number of carbonyl (C=O) groups is 2. The topological polar surface area (TPSA) is 91.7 Å². The summed E-state index contributed by atoms with van der Waals surface area (Å²) in [5, 5.41) is 8.33. The Morgan fingerprint density at radius 3 is 2.02 bits per heavy atom. The Bertz CT molecular complexity index is 1520. The monoisotopic (exact) mass is 613 g/mol. The fraction of sp³-hybridized carbons (Fsp3) is 0.432. The Balaban J connectivity index is 1.93. The van der Waals surface area contributed by atoms with Crippen molar-refractivity contribution in [2.45, 2.75) is 74.1 Å². The zero-order valence-corrected chi connectivity index (χ0v) is 27.9. The molecular weight excluding hydrogens is 566 g/mol. The highest BCUT2D eigenvalue weighted by molar-refractivity contribution is 6.00. The van der Waals surface area contributed by atoms with E-state index < -0.39 is 17.9 Å². The maximum absolute atomic E-state index is 13.8. The minimum atomic E-state index is -0.779. The molecule has 240 valence electrons. The molecule has 8 heteroatoms. The van der Waals surface area contributed by atoms with Gasteiger partial charge in [-0.3, -0.25) is 0 Å². The molecule has 0 unspecified atom stereocenters. The summed E-state index contributed by atoms with van der Waals surface area (Å²) in [6.45, 7) is 17.0. The van der Waals surface area contributed by atoms with Gasteiger partial charge in [0.1, 0.15) is 5.75 Å². The van der Waals surface area contributed by atoms with Crippen LogP contribution in [0.25, 0.3) is 16.9 Å². The van der Waals surface area contributed by atoms with E-state index in [-0.39, 0.29) is 25.0 Å². The fourth-order valence-electron chi connectivity index (χ4n) is 5.31. The van der Waals surface area contributed by atoms with E-state index in [0.29, 0.717) is 40.4 Å². The first kappa shape index (κ1) is 33.6. The molecule has 0 fully saturated rings. The number of aromatic nitrogens is 2. The van der Waals surface area contributed by atoms with E-state index in [4.69, 9.17) is 19.3 Å². The summed E-state index contributed by atoms with van der Waals surface area (Å²) in [6, 6.07) is 15.8. The van der Waals surface area contributed by atoms with E-state index in [1.165, 1.54) is 0 Å². The number of unbranched alkanes of at least 4 members (excludes halogenated alkanes) is 1. The Labute approximate surface area is 267 Å². The number of dihydropyridines is 1. The molecule has 3 aromatic rings. The predicted molar refractivity (Wildman–Crippen MR) is 177 cm³/mol. The molecular formula is C37H47N3O5. The van der Waals surface area contributed by atoms with Gasteiger partial charge in [0.25, 0.3) is 0 Å². The van der Waals surface area contributed by atoms with Gasteiger partial charge in [-0.15, -0.1) is 0 Å². The highest BCUT2D eigenvalue weighted by atomic mass is 16.5. The van der Waals surface area contributed by atoms with E-state index in [1.807, 2.05) is 103 Å². The molecule has 0 amide bonds. The van der Waals surface area contributed by atoms with Gasteiger partial charge in [-0.2, -0.15) is 5.10 Å². The van der Waals surface area contributed by atoms with E-state index in [0.717, 1.165) is 35.4 Å². The van der Waals surface area contributed by atoms with Crippen molar-refractivity contribution in [2.24, 2.45) is 11.8 Å². The molecule has 1 N–H and O–H groups in total. The van der Waals surface area contributed by atoms with Crippen molar-refractivity contribution < 1.29 is 23.8 Å². The van der Waals surface area contributed by atoms with Crippen LogP contribution in [0.2, 0.25) is 0 Å². The average molecular weight is 614 g/mol. The summed E-state index contributed by atoms with van der Waals surface area (Å²) >= 11 is 0. The average Bonchev–Trinajstić information content (AvgIpc) is 3.45. The van der Waals surface area contributed by atoms with E-state index in [9.17, 15) is 9.59 Å². The summed E-state index contributed by atoms with van der Waals surface area (Å²) in [7, 11) is 0. The standard InChI is InChI=1S/C37H47N3O5/c1-9-10-18-43-31-17-16-28(19-25(31)6)35-30(20-40(39-35)29-14-12-11-13-15-29)34-32(36(41)44-21-23(2)3)26(7)38-27(8)33(34)37(42)45-22-24(4)5/h11-17,19-20,23-24,34,38H,9-10,18,21-22H2,1-8H3. The molecule has 2 heterocycles. The first-order valence-electron chi connectivity index (χ1n) is 15.9. The number of hydrogen-bond acceptors (Lipinski definition) is 7. The second-order valence-corrected chi connectivity index (χ2v) is 12.5. The lowest BCUT2D eigenvalue weighted by atomic mass is 9.79. The van der Waals surface area contributed by atoms with Crippen molar-refractivity contribution in [2.75, 3.05) is 19.8 Å². The van der Waals surface area contributed by atoms with Gasteiger partial charge >= 0.3 is 11.9 Å². The van der Waals surface area contributed by atoms with Gasteiger partial charge in [0.2, 0.25) is 0 Å². The lowest BCUT2D eigenvalue weighted by Gasteiger charge is -2.30. The SMILES string of the molecule is CCCCOc1ccc(-c2nn(-c3ccccc3)cc2C2C(C(=O)OCC(C)C)=C(C)NC(C)=C2C(=O)OCC(C)C)cc1C. The van der Waals surface area contributed by atoms with Gasteiger partial charge < -0.3 is 19.5 Å². The first-order chi connectivity index (χ1) is 21.5. The lowest BCUT2D eigenvalue weighted by Crippen LogP contribution is -2.33. The van der Waals surface area contributed by atoms with Crippen LogP contribution in [0.5, 0.6) is 5.75 Å². The van der Waals surface area contributed by atoms with Gasteiger partial charge in [0, 0.05) is 28.7 Å². The summed E-state index contributed by atoms with van der Waals surface area (Å²) in [4.78, 5) is 27.7. The number of allylic oxidation sites excluding steroid dienone is 2. The molecule has 4 rings (SSSR count). The first-order valence-corrected chi connectivity index (χ1v) is 15.9. The zero-order chi connectivity index (χ0) is 32.7. The summed E-state index contributed by atoms with van der Waals surface area (Å²) < 4.78 is 19.4. The number of rotatable bonds is 13. The third kappa shape index (κ3) is 8.04. The van der Waals surface area contributed by atoms with Crippen LogP contribution in [-0.4, -0.2) is 41.5 Å². The minimum Gasteiger partial charge on any atom is -0.493 e.